The molecule has 1 amide bonds. The van der Waals surface area contributed by atoms with E-state index in [4.69, 9.17) is 0 Å². The van der Waals surface area contributed by atoms with E-state index in [1.54, 1.807) is 0 Å². The minimum Gasteiger partial charge on any atom is -0.339 e. The van der Waals surface area contributed by atoms with Crippen molar-refractivity contribution in [2.75, 3.05) is 6.54 Å². The molecule has 2 heteroatoms. The van der Waals surface area contributed by atoms with Crippen molar-refractivity contribution in [2.24, 2.45) is 11.8 Å². The van der Waals surface area contributed by atoms with Gasteiger partial charge in [-0.15, -0.1) is 0 Å². The zero-order chi connectivity index (χ0) is 9.30. The highest BCUT2D eigenvalue weighted by atomic mass is 16.2. The molecule has 0 N–H and O–H groups in total. The zero-order valence-electron chi connectivity index (χ0n) is 8.50. The fourth-order valence-corrected chi connectivity index (χ4v) is 1.94. The molecule has 2 nitrogen and oxygen atoms in total. The van der Waals surface area contributed by atoms with Gasteiger partial charge in [0, 0.05) is 18.5 Å². The first-order valence-electron chi connectivity index (χ1n) is 4.82. The lowest BCUT2D eigenvalue weighted by Crippen LogP contribution is -2.36. The highest BCUT2D eigenvalue weighted by Gasteiger charge is 2.30. The molecule has 1 rings (SSSR count). The third-order valence-electron chi connectivity index (χ3n) is 2.56. The average molecular weight is 169 g/mol. The maximum absolute atomic E-state index is 11.6. The van der Waals surface area contributed by atoms with Gasteiger partial charge in [0.05, 0.1) is 0 Å². The highest BCUT2D eigenvalue weighted by molar-refractivity contribution is 5.78. The average Bonchev–Trinajstić information content (AvgIpc) is 2.28. The Bertz CT molecular complexity index is 177. The molecule has 1 fully saturated rings. The number of hydrogen-bond donors (Lipinski definition) is 0. The summed E-state index contributed by atoms with van der Waals surface area (Å²) in [6, 6.07) is 0.454. The zero-order valence-corrected chi connectivity index (χ0v) is 8.50. The van der Waals surface area contributed by atoms with Crippen LogP contribution >= 0.6 is 0 Å². The fourth-order valence-electron chi connectivity index (χ4n) is 1.94. The molecule has 1 aliphatic rings. The number of nitrogens with zero attached hydrogens (tertiary/aromatic N) is 1. The van der Waals surface area contributed by atoms with Crippen LogP contribution in [0.3, 0.4) is 0 Å². The van der Waals surface area contributed by atoms with Crippen LogP contribution in [0.5, 0.6) is 0 Å². The standard InChI is InChI=1S/C10H19NO/c1-7(2)10(12)11-6-8(3)5-9(11)4/h7-9H,5-6H2,1-4H3. The van der Waals surface area contributed by atoms with Crippen LogP contribution in [0.25, 0.3) is 0 Å². The number of amides is 1. The predicted molar refractivity (Wildman–Crippen MR) is 49.8 cm³/mol. The van der Waals surface area contributed by atoms with Gasteiger partial charge < -0.3 is 4.90 Å². The SMILES string of the molecule is CC1CC(C)N(C(=O)C(C)C)C1. The van der Waals surface area contributed by atoms with E-state index >= 15 is 0 Å². The molecule has 0 aromatic heterocycles. The van der Waals surface area contributed by atoms with Crippen LogP contribution in [0.1, 0.15) is 34.1 Å². The van der Waals surface area contributed by atoms with Gasteiger partial charge in [0.25, 0.3) is 0 Å². The van der Waals surface area contributed by atoms with Crippen molar-refractivity contribution in [1.82, 2.24) is 4.90 Å². The molecule has 1 aliphatic heterocycles. The Kier molecular flexibility index (Phi) is 2.76. The molecule has 0 saturated carbocycles. The lowest BCUT2D eigenvalue weighted by atomic mass is 10.1. The third kappa shape index (κ3) is 1.79. The van der Waals surface area contributed by atoms with Crippen molar-refractivity contribution >= 4 is 5.91 Å². The smallest absolute Gasteiger partial charge is 0.225 e. The van der Waals surface area contributed by atoms with Crippen LogP contribution in [0.2, 0.25) is 0 Å². The van der Waals surface area contributed by atoms with Gasteiger partial charge in [-0.05, 0) is 19.3 Å². The van der Waals surface area contributed by atoms with Crippen molar-refractivity contribution in [3.63, 3.8) is 0 Å². The van der Waals surface area contributed by atoms with Gasteiger partial charge in [-0.1, -0.05) is 20.8 Å². The molecule has 0 radical (unpaired) electrons. The Balaban J connectivity index is 2.58. The number of carbonyl (C=O) groups excluding carboxylic acids is 1. The van der Waals surface area contributed by atoms with Crippen molar-refractivity contribution in [2.45, 2.75) is 40.2 Å². The lowest BCUT2D eigenvalue weighted by molar-refractivity contribution is -0.135. The van der Waals surface area contributed by atoms with Crippen LogP contribution in [-0.2, 0) is 4.79 Å². The topological polar surface area (TPSA) is 20.3 Å². The first-order chi connectivity index (χ1) is 5.52. The molecule has 12 heavy (non-hydrogen) atoms. The van der Waals surface area contributed by atoms with Crippen LogP contribution in [0.4, 0.5) is 0 Å². The lowest BCUT2D eigenvalue weighted by Gasteiger charge is -2.23. The van der Waals surface area contributed by atoms with E-state index in [0.29, 0.717) is 17.9 Å². The van der Waals surface area contributed by atoms with E-state index in [2.05, 4.69) is 13.8 Å². The molecule has 0 bridgehead atoms. The summed E-state index contributed by atoms with van der Waals surface area (Å²) in [7, 11) is 0. The monoisotopic (exact) mass is 169 g/mol. The van der Waals surface area contributed by atoms with Crippen molar-refractivity contribution in [3.05, 3.63) is 0 Å². The van der Waals surface area contributed by atoms with Crippen molar-refractivity contribution in [3.8, 4) is 0 Å². The minimum atomic E-state index is 0.151. The van der Waals surface area contributed by atoms with E-state index in [1.165, 1.54) is 6.42 Å². The van der Waals surface area contributed by atoms with Crippen LogP contribution in [0.15, 0.2) is 0 Å². The van der Waals surface area contributed by atoms with E-state index in [1.807, 2.05) is 18.7 Å². The Hall–Kier alpha value is -0.530. The van der Waals surface area contributed by atoms with Crippen LogP contribution in [-0.4, -0.2) is 23.4 Å². The molecular formula is C10H19NO. The number of rotatable bonds is 1. The Morgan fingerprint density at radius 1 is 1.42 bits per heavy atom. The summed E-state index contributed by atoms with van der Waals surface area (Å²) in [5.41, 5.74) is 0. The molecule has 70 valence electrons. The molecule has 0 spiro atoms. The van der Waals surface area contributed by atoms with Gasteiger partial charge in [0.2, 0.25) is 5.91 Å². The van der Waals surface area contributed by atoms with E-state index < -0.39 is 0 Å². The minimum absolute atomic E-state index is 0.151. The summed E-state index contributed by atoms with van der Waals surface area (Å²) in [5, 5.41) is 0. The van der Waals surface area contributed by atoms with E-state index in [-0.39, 0.29) is 5.92 Å². The van der Waals surface area contributed by atoms with Crippen LogP contribution < -0.4 is 0 Å². The first kappa shape index (κ1) is 9.56. The predicted octanol–water partition coefficient (Wildman–Crippen LogP) is 1.90. The fraction of sp³-hybridized carbons (Fsp3) is 0.900. The van der Waals surface area contributed by atoms with Gasteiger partial charge in [0.1, 0.15) is 0 Å². The van der Waals surface area contributed by atoms with Crippen molar-refractivity contribution < 1.29 is 4.79 Å². The highest BCUT2D eigenvalue weighted by Crippen LogP contribution is 2.23. The second-order valence-electron chi connectivity index (χ2n) is 4.34. The third-order valence-corrected chi connectivity index (χ3v) is 2.56. The van der Waals surface area contributed by atoms with E-state index in [0.717, 1.165) is 6.54 Å². The molecule has 0 aromatic rings. The molecule has 0 aliphatic carbocycles. The molecule has 0 aromatic carbocycles. The molecule has 2 atom stereocenters. The van der Waals surface area contributed by atoms with Gasteiger partial charge in [-0.25, -0.2) is 0 Å². The summed E-state index contributed by atoms with van der Waals surface area (Å²) in [6.07, 6.45) is 1.17. The Morgan fingerprint density at radius 3 is 2.33 bits per heavy atom. The maximum atomic E-state index is 11.6. The summed E-state index contributed by atoms with van der Waals surface area (Å²) >= 11 is 0. The van der Waals surface area contributed by atoms with Gasteiger partial charge >= 0.3 is 0 Å². The summed E-state index contributed by atoms with van der Waals surface area (Å²) < 4.78 is 0. The second kappa shape index (κ2) is 3.46. The number of likely N-dealkylation sites (tertiary alicyclic amines) is 1. The van der Waals surface area contributed by atoms with Crippen molar-refractivity contribution in [1.29, 1.82) is 0 Å². The Labute approximate surface area is 74.9 Å². The molecule has 1 heterocycles. The largest absolute Gasteiger partial charge is 0.339 e. The number of hydrogen-bond acceptors (Lipinski definition) is 1. The van der Waals surface area contributed by atoms with Gasteiger partial charge in [-0.2, -0.15) is 0 Å². The second-order valence-corrected chi connectivity index (χ2v) is 4.34. The quantitative estimate of drug-likeness (QED) is 0.587. The molecular weight excluding hydrogens is 150 g/mol. The van der Waals surface area contributed by atoms with Gasteiger partial charge in [-0.3, -0.25) is 4.79 Å². The van der Waals surface area contributed by atoms with Crippen LogP contribution in [0, 0.1) is 11.8 Å². The summed E-state index contributed by atoms with van der Waals surface area (Å²) in [5.74, 6) is 1.15. The normalized spacial score (nSPS) is 29.9. The van der Waals surface area contributed by atoms with E-state index in [9.17, 15) is 4.79 Å². The summed E-state index contributed by atoms with van der Waals surface area (Å²) in [4.78, 5) is 13.7. The number of carbonyl (C=O) groups is 1. The van der Waals surface area contributed by atoms with Gasteiger partial charge in [0.15, 0.2) is 0 Å². The summed E-state index contributed by atoms with van der Waals surface area (Å²) in [6.45, 7) is 9.25. The first-order valence-corrected chi connectivity index (χ1v) is 4.82. The molecule has 1 saturated heterocycles. The molecule has 2 unspecified atom stereocenters. The maximum Gasteiger partial charge on any atom is 0.225 e. The Morgan fingerprint density at radius 2 is 2.00 bits per heavy atom.